The number of carbonyl (C=O) groups excluding carboxylic acids is 1. The molecule has 2 fully saturated rings. The average Bonchev–Trinajstić information content (AvgIpc) is 2.85. The van der Waals surface area contributed by atoms with E-state index in [0.717, 1.165) is 61.4 Å². The highest BCUT2D eigenvalue weighted by atomic mass is 16.5. The molecule has 5 rings (SSSR count). The fourth-order valence-electron chi connectivity index (χ4n) is 4.43. The van der Waals surface area contributed by atoms with E-state index in [1.165, 1.54) is 5.69 Å². The van der Waals surface area contributed by atoms with Gasteiger partial charge in [0.2, 0.25) is 0 Å². The number of hydrogen-bond donors (Lipinski definition) is 1. The summed E-state index contributed by atoms with van der Waals surface area (Å²) in [5, 5.41) is 5.17. The van der Waals surface area contributed by atoms with Crippen molar-refractivity contribution in [2.75, 3.05) is 74.6 Å². The lowest BCUT2D eigenvalue weighted by Crippen LogP contribution is -2.44. The normalized spacial score (nSPS) is 17.5. The molecule has 166 valence electrons. The van der Waals surface area contributed by atoms with Gasteiger partial charge in [-0.2, -0.15) is 0 Å². The van der Waals surface area contributed by atoms with Crippen LogP contribution in [-0.4, -0.2) is 80.3 Å². The lowest BCUT2D eigenvalue weighted by atomic mass is 10.1. The van der Waals surface area contributed by atoms with Crippen molar-refractivity contribution in [2.24, 2.45) is 0 Å². The molecule has 4 heterocycles. The van der Waals surface area contributed by atoms with Gasteiger partial charge in [-0.1, -0.05) is 0 Å². The first-order valence-electron chi connectivity index (χ1n) is 11.1. The summed E-state index contributed by atoms with van der Waals surface area (Å²) in [6.07, 6.45) is 7.07. The lowest BCUT2D eigenvalue weighted by Gasteiger charge is -2.35. The minimum Gasteiger partial charge on any atom is -0.378 e. The fourth-order valence-corrected chi connectivity index (χ4v) is 4.43. The molecule has 2 aliphatic heterocycles. The molecule has 3 aromatic rings. The van der Waals surface area contributed by atoms with E-state index in [1.54, 1.807) is 18.5 Å². The van der Waals surface area contributed by atoms with Crippen LogP contribution in [0.4, 0.5) is 17.1 Å². The number of benzene rings is 1. The van der Waals surface area contributed by atoms with Gasteiger partial charge in [0.05, 0.1) is 36.3 Å². The summed E-state index contributed by atoms with van der Waals surface area (Å²) < 4.78 is 5.46. The number of carbonyl (C=O) groups is 1. The Morgan fingerprint density at radius 3 is 2.38 bits per heavy atom. The van der Waals surface area contributed by atoms with Crippen molar-refractivity contribution < 1.29 is 9.53 Å². The summed E-state index contributed by atoms with van der Waals surface area (Å²) in [4.78, 5) is 28.8. The highest BCUT2D eigenvalue weighted by molar-refractivity contribution is 6.13. The lowest BCUT2D eigenvalue weighted by molar-refractivity contribution is 0.102. The van der Waals surface area contributed by atoms with E-state index in [0.29, 0.717) is 18.8 Å². The summed E-state index contributed by atoms with van der Waals surface area (Å²) in [6.45, 7) is 6.85. The van der Waals surface area contributed by atoms with E-state index in [1.807, 2.05) is 24.5 Å². The number of piperazine rings is 1. The molecule has 0 spiro atoms. The Hall–Kier alpha value is -3.23. The van der Waals surface area contributed by atoms with Gasteiger partial charge in [-0.3, -0.25) is 14.8 Å². The third-order valence-corrected chi connectivity index (χ3v) is 6.28. The van der Waals surface area contributed by atoms with Crippen molar-refractivity contribution in [3.05, 3.63) is 54.6 Å². The third kappa shape index (κ3) is 4.11. The summed E-state index contributed by atoms with van der Waals surface area (Å²) >= 11 is 0. The molecule has 0 radical (unpaired) electrons. The number of aromatic nitrogens is 2. The maximum atomic E-state index is 13.3. The minimum atomic E-state index is -0.147. The van der Waals surface area contributed by atoms with Gasteiger partial charge in [0, 0.05) is 74.3 Å². The van der Waals surface area contributed by atoms with E-state index in [-0.39, 0.29) is 5.91 Å². The van der Waals surface area contributed by atoms with Gasteiger partial charge in [-0.15, -0.1) is 0 Å². The molecule has 32 heavy (non-hydrogen) atoms. The predicted molar refractivity (Wildman–Crippen MR) is 127 cm³/mol. The first-order valence-corrected chi connectivity index (χ1v) is 11.1. The molecular weight excluding hydrogens is 404 g/mol. The molecule has 0 unspecified atom stereocenters. The summed E-state index contributed by atoms with van der Waals surface area (Å²) in [7, 11) is 2.16. The number of fused-ring (bicyclic) bond motifs is 1. The second-order valence-corrected chi connectivity index (χ2v) is 8.29. The van der Waals surface area contributed by atoms with Crippen LogP contribution >= 0.6 is 0 Å². The molecule has 1 aromatic carbocycles. The fraction of sp³-hybridized carbons (Fsp3) is 0.375. The molecule has 8 nitrogen and oxygen atoms in total. The maximum Gasteiger partial charge on any atom is 0.257 e. The molecule has 0 saturated carbocycles. The second-order valence-electron chi connectivity index (χ2n) is 8.29. The summed E-state index contributed by atoms with van der Waals surface area (Å²) in [5.41, 5.74) is 3.40. The second kappa shape index (κ2) is 9.10. The molecule has 0 atom stereocenters. The molecule has 2 aliphatic rings. The van der Waals surface area contributed by atoms with Gasteiger partial charge in [-0.05, 0) is 31.3 Å². The molecule has 2 saturated heterocycles. The SMILES string of the molecule is CN1CCN(c2ccc(NC(=O)c3ccncc3N3CCOCC3)c3cnccc23)CC1. The number of nitrogens with zero attached hydrogens (tertiary/aromatic N) is 5. The monoisotopic (exact) mass is 432 g/mol. The Kier molecular flexibility index (Phi) is 5.87. The first kappa shape index (κ1) is 20.7. The first-order chi connectivity index (χ1) is 15.7. The maximum absolute atomic E-state index is 13.3. The quantitative estimate of drug-likeness (QED) is 0.679. The summed E-state index contributed by atoms with van der Waals surface area (Å²) in [5.74, 6) is -0.147. The smallest absolute Gasteiger partial charge is 0.257 e. The van der Waals surface area contributed by atoms with E-state index >= 15 is 0 Å². The number of hydrogen-bond acceptors (Lipinski definition) is 7. The van der Waals surface area contributed by atoms with E-state index < -0.39 is 0 Å². The Labute approximate surface area is 187 Å². The number of pyridine rings is 2. The Morgan fingerprint density at radius 2 is 1.56 bits per heavy atom. The van der Waals surface area contributed by atoms with E-state index in [2.05, 4.69) is 43.1 Å². The van der Waals surface area contributed by atoms with Crippen molar-refractivity contribution in [3.8, 4) is 0 Å². The van der Waals surface area contributed by atoms with Gasteiger partial charge in [-0.25, -0.2) is 0 Å². The predicted octanol–water partition coefficient (Wildman–Crippen LogP) is 2.47. The molecule has 1 amide bonds. The number of likely N-dealkylation sites (N-methyl/N-ethyl adjacent to an activating group) is 1. The van der Waals surface area contributed by atoms with Crippen molar-refractivity contribution in [2.45, 2.75) is 0 Å². The van der Waals surface area contributed by atoms with Crippen molar-refractivity contribution in [3.63, 3.8) is 0 Å². The standard InChI is InChI=1S/C24H28N6O2/c1-28-8-10-29(11-9-28)22-3-2-21(20-16-25-6-4-18(20)22)27-24(31)19-5-7-26-17-23(19)30-12-14-32-15-13-30/h2-7,16-17H,8-15H2,1H3,(H,27,31). The number of morpholine rings is 1. The number of amides is 1. The zero-order chi connectivity index (χ0) is 21.9. The van der Waals surface area contributed by atoms with E-state index in [9.17, 15) is 4.79 Å². The van der Waals surface area contributed by atoms with Crippen LogP contribution in [0, 0.1) is 0 Å². The van der Waals surface area contributed by atoms with Crippen LogP contribution in [0.1, 0.15) is 10.4 Å². The van der Waals surface area contributed by atoms with Crippen LogP contribution < -0.4 is 15.1 Å². The van der Waals surface area contributed by atoms with Crippen LogP contribution in [0.3, 0.4) is 0 Å². The van der Waals surface area contributed by atoms with Crippen LogP contribution in [0.15, 0.2) is 49.1 Å². The topological polar surface area (TPSA) is 73.8 Å². The third-order valence-electron chi connectivity index (χ3n) is 6.28. The van der Waals surface area contributed by atoms with Crippen LogP contribution in [0.5, 0.6) is 0 Å². The summed E-state index contributed by atoms with van der Waals surface area (Å²) in [6, 6.07) is 7.91. The van der Waals surface area contributed by atoms with Crippen molar-refractivity contribution in [1.29, 1.82) is 0 Å². The van der Waals surface area contributed by atoms with Crippen LogP contribution in [0.25, 0.3) is 10.8 Å². The molecule has 0 aliphatic carbocycles. The van der Waals surface area contributed by atoms with Crippen molar-refractivity contribution >= 4 is 33.7 Å². The largest absolute Gasteiger partial charge is 0.378 e. The molecular formula is C24H28N6O2. The van der Waals surface area contributed by atoms with Crippen LogP contribution in [0.2, 0.25) is 0 Å². The number of nitrogens with one attached hydrogen (secondary N) is 1. The van der Waals surface area contributed by atoms with Crippen LogP contribution in [-0.2, 0) is 4.74 Å². The Balaban J connectivity index is 1.44. The molecule has 1 N–H and O–H groups in total. The number of ether oxygens (including phenoxy) is 1. The number of anilines is 3. The zero-order valence-electron chi connectivity index (χ0n) is 18.3. The van der Waals surface area contributed by atoms with Gasteiger partial charge >= 0.3 is 0 Å². The Bertz CT molecular complexity index is 1110. The van der Waals surface area contributed by atoms with Gasteiger partial charge in [0.15, 0.2) is 0 Å². The average molecular weight is 433 g/mol. The number of rotatable bonds is 4. The van der Waals surface area contributed by atoms with E-state index in [4.69, 9.17) is 4.74 Å². The minimum absolute atomic E-state index is 0.147. The Morgan fingerprint density at radius 1 is 0.844 bits per heavy atom. The highest BCUT2D eigenvalue weighted by Crippen LogP contribution is 2.33. The van der Waals surface area contributed by atoms with Gasteiger partial charge in [0.25, 0.3) is 5.91 Å². The molecule has 8 heteroatoms. The zero-order valence-corrected chi connectivity index (χ0v) is 18.3. The van der Waals surface area contributed by atoms with Gasteiger partial charge in [0.1, 0.15) is 0 Å². The molecule has 2 aromatic heterocycles. The highest BCUT2D eigenvalue weighted by Gasteiger charge is 2.21. The molecule has 0 bridgehead atoms. The van der Waals surface area contributed by atoms with Gasteiger partial charge < -0.3 is 24.8 Å². The van der Waals surface area contributed by atoms with Crippen molar-refractivity contribution in [1.82, 2.24) is 14.9 Å².